The molecule has 0 spiro atoms. The molecule has 0 aliphatic carbocycles. The van der Waals surface area contributed by atoms with Crippen LogP contribution in [0.15, 0.2) is 71.7 Å². The van der Waals surface area contributed by atoms with Gasteiger partial charge in [-0.15, -0.1) is 0 Å². The van der Waals surface area contributed by atoms with E-state index in [0.717, 1.165) is 23.1 Å². The van der Waals surface area contributed by atoms with Crippen LogP contribution in [0.4, 0.5) is 29.7 Å². The molecular formula is C25H20F2N4O5. The van der Waals surface area contributed by atoms with Crippen LogP contribution in [-0.2, 0) is 0 Å². The second kappa shape index (κ2) is 10.2. The first kappa shape index (κ1) is 24.3. The van der Waals surface area contributed by atoms with Gasteiger partial charge in [0.1, 0.15) is 34.5 Å². The van der Waals surface area contributed by atoms with Crippen LogP contribution in [0.5, 0.6) is 11.5 Å². The smallest absolute Gasteiger partial charge is 0.347 e. The third-order valence-electron chi connectivity index (χ3n) is 5.30. The third-order valence-corrected chi connectivity index (χ3v) is 5.30. The van der Waals surface area contributed by atoms with Crippen LogP contribution in [0.3, 0.4) is 0 Å². The minimum Gasteiger partial charge on any atom is -0.497 e. The van der Waals surface area contributed by atoms with Crippen molar-refractivity contribution in [2.24, 2.45) is 4.99 Å². The van der Waals surface area contributed by atoms with Crippen LogP contribution in [0.1, 0.15) is 10.4 Å². The van der Waals surface area contributed by atoms with Gasteiger partial charge in [0.05, 0.1) is 26.5 Å². The molecule has 0 saturated carbocycles. The molecule has 11 heteroatoms. The maximum atomic E-state index is 14.3. The summed E-state index contributed by atoms with van der Waals surface area (Å²) in [5.41, 5.74) is -0.211. The zero-order chi connectivity index (χ0) is 25.8. The zero-order valence-electron chi connectivity index (χ0n) is 19.2. The number of anilines is 2. The van der Waals surface area contributed by atoms with Crippen molar-refractivity contribution in [3.63, 3.8) is 0 Å². The SMILES string of the molecule is COc1ccc(NC(=O)N=C2CN(C(=O)c3c(F)cccc3F)C(=O)N2c2ccc(OC)cc2)cc1. The molecule has 184 valence electrons. The summed E-state index contributed by atoms with van der Waals surface area (Å²) in [5, 5.41) is 2.56. The first-order chi connectivity index (χ1) is 17.3. The molecule has 5 amide bonds. The van der Waals surface area contributed by atoms with Gasteiger partial charge in [-0.1, -0.05) is 6.07 Å². The molecule has 0 bridgehead atoms. The fourth-order valence-electron chi connectivity index (χ4n) is 3.53. The van der Waals surface area contributed by atoms with Crippen molar-refractivity contribution in [1.29, 1.82) is 0 Å². The van der Waals surface area contributed by atoms with Gasteiger partial charge in [0.2, 0.25) is 0 Å². The Bertz CT molecular complexity index is 1320. The van der Waals surface area contributed by atoms with Crippen LogP contribution in [0.2, 0.25) is 0 Å². The summed E-state index contributed by atoms with van der Waals surface area (Å²) in [6.07, 6.45) is 0. The number of hydrogen-bond acceptors (Lipinski definition) is 5. The minimum absolute atomic E-state index is 0.124. The molecule has 0 unspecified atom stereocenters. The number of nitrogens with zero attached hydrogens (tertiary/aromatic N) is 3. The molecule has 3 aromatic carbocycles. The summed E-state index contributed by atoms with van der Waals surface area (Å²) in [6, 6.07) is 13.8. The summed E-state index contributed by atoms with van der Waals surface area (Å²) in [5.74, 6) is -2.47. The summed E-state index contributed by atoms with van der Waals surface area (Å²) in [7, 11) is 2.97. The fraction of sp³-hybridized carbons (Fsp3) is 0.120. The maximum Gasteiger partial charge on any atom is 0.347 e. The lowest BCUT2D eigenvalue weighted by Gasteiger charge is -2.18. The Kier molecular flexibility index (Phi) is 6.91. The number of amides is 5. The topological polar surface area (TPSA) is 101 Å². The van der Waals surface area contributed by atoms with Crippen molar-refractivity contribution in [3.05, 3.63) is 83.9 Å². The van der Waals surface area contributed by atoms with Gasteiger partial charge in [0, 0.05) is 5.69 Å². The van der Waals surface area contributed by atoms with Gasteiger partial charge >= 0.3 is 12.1 Å². The lowest BCUT2D eigenvalue weighted by molar-refractivity contribution is 0.0826. The van der Waals surface area contributed by atoms with Gasteiger partial charge in [0.25, 0.3) is 5.91 Å². The van der Waals surface area contributed by atoms with E-state index in [1.807, 2.05) is 0 Å². The number of imide groups is 1. The van der Waals surface area contributed by atoms with E-state index in [-0.39, 0.29) is 11.5 Å². The Morgan fingerprint density at radius 3 is 2.00 bits per heavy atom. The first-order valence-electron chi connectivity index (χ1n) is 10.6. The lowest BCUT2D eigenvalue weighted by atomic mass is 10.1. The molecular weight excluding hydrogens is 474 g/mol. The van der Waals surface area contributed by atoms with E-state index in [1.165, 1.54) is 26.4 Å². The van der Waals surface area contributed by atoms with Crippen molar-refractivity contribution in [2.45, 2.75) is 0 Å². The number of urea groups is 2. The van der Waals surface area contributed by atoms with Crippen LogP contribution in [-0.4, -0.2) is 49.5 Å². The summed E-state index contributed by atoms with van der Waals surface area (Å²) >= 11 is 0. The van der Waals surface area contributed by atoms with E-state index in [4.69, 9.17) is 9.47 Å². The predicted molar refractivity (Wildman–Crippen MR) is 128 cm³/mol. The van der Waals surface area contributed by atoms with Crippen LogP contribution in [0.25, 0.3) is 0 Å². The number of rotatable bonds is 5. The number of aliphatic imine (C=N–C) groups is 1. The zero-order valence-corrected chi connectivity index (χ0v) is 19.2. The Labute approximate surface area is 204 Å². The first-order valence-corrected chi connectivity index (χ1v) is 10.6. The summed E-state index contributed by atoms with van der Waals surface area (Å²) in [4.78, 5) is 44.5. The van der Waals surface area contributed by atoms with Gasteiger partial charge in [-0.05, 0) is 60.7 Å². The highest BCUT2D eigenvalue weighted by Gasteiger charge is 2.41. The van der Waals surface area contributed by atoms with Crippen molar-refractivity contribution in [3.8, 4) is 11.5 Å². The number of methoxy groups -OCH3 is 2. The Morgan fingerprint density at radius 2 is 1.44 bits per heavy atom. The second-order valence-corrected chi connectivity index (χ2v) is 7.49. The van der Waals surface area contributed by atoms with E-state index < -0.39 is 41.7 Å². The monoisotopic (exact) mass is 494 g/mol. The van der Waals surface area contributed by atoms with E-state index in [9.17, 15) is 23.2 Å². The van der Waals surface area contributed by atoms with Crippen LogP contribution in [0, 0.1) is 11.6 Å². The summed E-state index contributed by atoms with van der Waals surface area (Å²) < 4.78 is 38.7. The molecule has 36 heavy (non-hydrogen) atoms. The fourth-order valence-corrected chi connectivity index (χ4v) is 3.53. The van der Waals surface area contributed by atoms with Crippen LogP contribution < -0.4 is 19.7 Å². The molecule has 1 saturated heterocycles. The molecule has 4 rings (SSSR count). The average molecular weight is 494 g/mol. The lowest BCUT2D eigenvalue weighted by Crippen LogP contribution is -2.37. The number of carbonyl (C=O) groups excluding carboxylic acids is 3. The predicted octanol–water partition coefficient (Wildman–Crippen LogP) is 4.70. The Morgan fingerprint density at radius 1 is 0.889 bits per heavy atom. The Hall–Kier alpha value is -4.80. The molecule has 1 aliphatic heterocycles. The number of amidine groups is 1. The molecule has 3 aromatic rings. The number of nitrogens with one attached hydrogen (secondary N) is 1. The standard InChI is InChI=1S/C25H20F2N4O5/c1-35-17-10-6-15(7-11-17)28-24(33)29-21-14-30(23(32)22-19(26)4-3-5-20(22)27)25(34)31(21)16-8-12-18(36-2)13-9-16/h3-13H,14H2,1-2H3,(H,28,33). The Balaban J connectivity index is 1.68. The van der Waals surface area contributed by atoms with Crippen molar-refractivity contribution < 1.29 is 32.6 Å². The van der Waals surface area contributed by atoms with Crippen molar-refractivity contribution in [1.82, 2.24) is 4.90 Å². The molecule has 0 radical (unpaired) electrons. The van der Waals surface area contributed by atoms with Gasteiger partial charge in [-0.2, -0.15) is 4.99 Å². The van der Waals surface area contributed by atoms with E-state index >= 15 is 0 Å². The van der Waals surface area contributed by atoms with Gasteiger partial charge in [-0.3, -0.25) is 9.69 Å². The van der Waals surface area contributed by atoms with Gasteiger partial charge < -0.3 is 14.8 Å². The molecule has 1 N–H and O–H groups in total. The maximum absolute atomic E-state index is 14.3. The third kappa shape index (κ3) is 4.85. The molecule has 0 atom stereocenters. The molecule has 1 aliphatic rings. The summed E-state index contributed by atoms with van der Waals surface area (Å²) in [6.45, 7) is -0.493. The highest BCUT2D eigenvalue weighted by atomic mass is 19.1. The highest BCUT2D eigenvalue weighted by molar-refractivity contribution is 6.29. The van der Waals surface area contributed by atoms with E-state index in [2.05, 4.69) is 10.3 Å². The number of carbonyl (C=O) groups is 3. The molecule has 1 heterocycles. The normalized spacial score (nSPS) is 14.2. The minimum atomic E-state index is -1.20. The van der Waals surface area contributed by atoms with Gasteiger partial charge in [0.15, 0.2) is 0 Å². The van der Waals surface area contributed by atoms with E-state index in [1.54, 1.807) is 36.4 Å². The molecule has 9 nitrogen and oxygen atoms in total. The average Bonchev–Trinajstić information content (AvgIpc) is 3.19. The van der Waals surface area contributed by atoms with Crippen molar-refractivity contribution >= 4 is 35.2 Å². The van der Waals surface area contributed by atoms with Gasteiger partial charge in [-0.25, -0.2) is 23.3 Å². The highest BCUT2D eigenvalue weighted by Crippen LogP contribution is 2.27. The number of ether oxygens (including phenoxy) is 2. The number of halogens is 2. The second-order valence-electron chi connectivity index (χ2n) is 7.49. The number of benzene rings is 3. The van der Waals surface area contributed by atoms with E-state index in [0.29, 0.717) is 22.1 Å². The molecule has 0 aromatic heterocycles. The largest absolute Gasteiger partial charge is 0.497 e. The molecule has 1 fully saturated rings. The van der Waals surface area contributed by atoms with Crippen molar-refractivity contribution in [2.75, 3.05) is 31.0 Å². The quantitative estimate of drug-likeness (QED) is 0.555. The van der Waals surface area contributed by atoms with Crippen LogP contribution >= 0.6 is 0 Å². The number of hydrogen-bond donors (Lipinski definition) is 1.